The van der Waals surface area contributed by atoms with Crippen LogP contribution in [0.3, 0.4) is 0 Å². The molecule has 0 aliphatic rings. The topological polar surface area (TPSA) is 79.1 Å². The van der Waals surface area contributed by atoms with E-state index in [4.69, 9.17) is 9.47 Å². The molecule has 30 heavy (non-hydrogen) atoms. The Morgan fingerprint density at radius 2 is 1.77 bits per heavy atom. The van der Waals surface area contributed by atoms with Crippen LogP contribution in [0.15, 0.2) is 47.5 Å². The Kier molecular flexibility index (Phi) is 7.37. The lowest BCUT2D eigenvalue weighted by Gasteiger charge is -2.06. The number of methoxy groups -OCH3 is 1. The van der Waals surface area contributed by atoms with Crippen molar-refractivity contribution in [3.63, 3.8) is 0 Å². The lowest BCUT2D eigenvalue weighted by atomic mass is 10.1. The minimum absolute atomic E-state index is 0.381. The summed E-state index contributed by atoms with van der Waals surface area (Å²) >= 11 is 1.42. The number of hydrogen-bond donors (Lipinski definition) is 0. The fraction of sp³-hybridized carbons (Fsp3) is 0.318. The van der Waals surface area contributed by atoms with Gasteiger partial charge >= 0.3 is 5.97 Å². The highest BCUT2D eigenvalue weighted by molar-refractivity contribution is 7.16. The highest BCUT2D eigenvalue weighted by Gasteiger charge is 2.12. The van der Waals surface area contributed by atoms with Gasteiger partial charge in [-0.25, -0.2) is 4.79 Å². The van der Waals surface area contributed by atoms with Crippen LogP contribution in [-0.2, 0) is 16.0 Å². The van der Waals surface area contributed by atoms with Crippen LogP contribution in [0.1, 0.15) is 34.6 Å². The van der Waals surface area contributed by atoms with Crippen LogP contribution in [0, 0.1) is 0 Å². The van der Waals surface area contributed by atoms with E-state index in [-0.39, 0.29) is 5.91 Å². The van der Waals surface area contributed by atoms with Gasteiger partial charge in [-0.2, -0.15) is 4.99 Å². The monoisotopic (exact) mass is 428 g/mol. The van der Waals surface area contributed by atoms with Gasteiger partial charge in [-0.05, 0) is 56.3 Å². The van der Waals surface area contributed by atoms with E-state index in [0.717, 1.165) is 16.0 Å². The Bertz CT molecular complexity index is 1100. The Balaban J connectivity index is 1.99. The molecule has 0 radical (unpaired) electrons. The average Bonchev–Trinajstić information content (AvgIpc) is 3.10. The van der Waals surface area contributed by atoms with Crippen molar-refractivity contribution in [1.29, 1.82) is 0 Å². The van der Waals surface area contributed by atoms with Crippen LogP contribution in [0.25, 0.3) is 10.2 Å². The first-order valence-corrected chi connectivity index (χ1v) is 10.5. The minimum atomic E-state index is -0.450. The molecule has 0 bridgehead atoms. The normalized spacial score (nSPS) is 11.6. The van der Waals surface area contributed by atoms with Gasteiger partial charge < -0.3 is 18.8 Å². The molecule has 0 unspecified atom stereocenters. The van der Waals surface area contributed by atoms with Crippen molar-refractivity contribution in [2.75, 3.05) is 26.9 Å². The zero-order valence-electron chi connectivity index (χ0n) is 17.2. The third kappa shape index (κ3) is 4.95. The van der Waals surface area contributed by atoms with E-state index in [2.05, 4.69) is 9.73 Å². The first kappa shape index (κ1) is 21.7. The molecule has 8 heteroatoms. The molecule has 158 valence electrons. The Labute approximate surface area is 178 Å². The average molecular weight is 429 g/mol. The van der Waals surface area contributed by atoms with Crippen molar-refractivity contribution < 1.29 is 23.8 Å². The predicted octanol–water partition coefficient (Wildman–Crippen LogP) is 3.67. The maximum atomic E-state index is 12.7. The van der Waals surface area contributed by atoms with Gasteiger partial charge in [-0.15, -0.1) is 0 Å². The van der Waals surface area contributed by atoms with Gasteiger partial charge in [0.1, 0.15) is 5.75 Å². The number of benzene rings is 2. The van der Waals surface area contributed by atoms with Crippen LogP contribution in [-0.4, -0.2) is 43.4 Å². The lowest BCUT2D eigenvalue weighted by molar-refractivity contribution is 0.0600. The Morgan fingerprint density at radius 1 is 1.03 bits per heavy atom. The number of nitrogens with zero attached hydrogens (tertiary/aromatic N) is 2. The highest BCUT2D eigenvalue weighted by Crippen LogP contribution is 2.23. The molecule has 1 amide bonds. The van der Waals surface area contributed by atoms with E-state index in [1.807, 2.05) is 36.6 Å². The zero-order chi connectivity index (χ0) is 21.5. The third-order valence-corrected chi connectivity index (χ3v) is 5.42. The summed E-state index contributed by atoms with van der Waals surface area (Å²) in [7, 11) is 1.32. The number of thiazole rings is 1. The van der Waals surface area contributed by atoms with Crippen molar-refractivity contribution >= 4 is 33.4 Å². The number of carbonyl (C=O) groups is 2. The second-order valence-corrected chi connectivity index (χ2v) is 7.29. The van der Waals surface area contributed by atoms with Crippen molar-refractivity contribution in [2.45, 2.75) is 20.4 Å². The van der Waals surface area contributed by atoms with Crippen LogP contribution >= 0.6 is 11.3 Å². The number of amides is 1. The third-order valence-electron chi connectivity index (χ3n) is 4.38. The zero-order valence-corrected chi connectivity index (χ0v) is 18.0. The van der Waals surface area contributed by atoms with Gasteiger partial charge in [0.2, 0.25) is 0 Å². The van der Waals surface area contributed by atoms with Gasteiger partial charge in [0.15, 0.2) is 4.80 Å². The Hall–Kier alpha value is -2.97. The molecule has 3 rings (SSSR count). The smallest absolute Gasteiger partial charge is 0.337 e. The van der Waals surface area contributed by atoms with E-state index >= 15 is 0 Å². The summed E-state index contributed by atoms with van der Waals surface area (Å²) in [5, 5.41) is 0. The molecule has 0 spiro atoms. The lowest BCUT2D eigenvalue weighted by Crippen LogP contribution is -2.19. The molecule has 0 fully saturated rings. The van der Waals surface area contributed by atoms with E-state index in [9.17, 15) is 9.59 Å². The first-order valence-electron chi connectivity index (χ1n) is 9.68. The van der Waals surface area contributed by atoms with Gasteiger partial charge in [0.05, 0.1) is 36.1 Å². The summed E-state index contributed by atoms with van der Waals surface area (Å²) in [6.45, 7) is 6.18. The summed E-state index contributed by atoms with van der Waals surface area (Å²) in [6, 6.07) is 12.1. The van der Waals surface area contributed by atoms with Crippen LogP contribution in [0.2, 0.25) is 0 Å². The summed E-state index contributed by atoms with van der Waals surface area (Å²) in [5.74, 6) is -0.0537. The summed E-state index contributed by atoms with van der Waals surface area (Å²) in [6.07, 6.45) is 0. The standard InChI is InChI=1S/C22H24N2O5S/c1-4-28-13-12-24-18-11-10-17(29-5-2)14-19(18)30-22(24)23-20(25)15-6-8-16(9-7-15)21(26)27-3/h6-11,14H,4-5,12-13H2,1-3H3. The molecule has 1 aromatic heterocycles. The van der Waals surface area contributed by atoms with Crippen LogP contribution in [0.4, 0.5) is 0 Å². The number of ether oxygens (including phenoxy) is 3. The molecule has 0 saturated heterocycles. The SMILES string of the molecule is CCOCCn1c(=NC(=O)c2ccc(C(=O)OC)cc2)sc2cc(OCC)ccc21. The van der Waals surface area contributed by atoms with Crippen LogP contribution in [0.5, 0.6) is 5.75 Å². The van der Waals surface area contributed by atoms with Gasteiger partial charge in [-0.3, -0.25) is 4.79 Å². The molecule has 1 heterocycles. The molecule has 2 aromatic carbocycles. The Morgan fingerprint density at radius 3 is 2.43 bits per heavy atom. The van der Waals surface area contributed by atoms with Crippen molar-refractivity contribution in [3.8, 4) is 5.75 Å². The number of hydrogen-bond acceptors (Lipinski definition) is 6. The highest BCUT2D eigenvalue weighted by atomic mass is 32.1. The van der Waals surface area contributed by atoms with Crippen molar-refractivity contribution in [2.24, 2.45) is 4.99 Å². The molecule has 3 aromatic rings. The van der Waals surface area contributed by atoms with E-state index in [1.165, 1.54) is 18.4 Å². The van der Waals surface area contributed by atoms with Crippen molar-refractivity contribution in [1.82, 2.24) is 4.57 Å². The number of fused-ring (bicyclic) bond motifs is 1. The quantitative estimate of drug-likeness (QED) is 0.404. The molecule has 0 N–H and O–H groups in total. The van der Waals surface area contributed by atoms with Crippen LogP contribution < -0.4 is 9.54 Å². The summed E-state index contributed by atoms with van der Waals surface area (Å²) < 4.78 is 18.7. The van der Waals surface area contributed by atoms with Crippen molar-refractivity contribution in [3.05, 3.63) is 58.4 Å². The van der Waals surface area contributed by atoms with E-state index in [1.54, 1.807) is 24.3 Å². The maximum absolute atomic E-state index is 12.7. The molecular weight excluding hydrogens is 404 g/mol. The molecule has 0 aliphatic heterocycles. The number of carbonyl (C=O) groups excluding carboxylic acids is 2. The molecule has 0 aliphatic carbocycles. The predicted molar refractivity (Wildman–Crippen MR) is 115 cm³/mol. The second-order valence-electron chi connectivity index (χ2n) is 6.28. The first-order chi connectivity index (χ1) is 14.6. The van der Waals surface area contributed by atoms with Gasteiger partial charge in [0, 0.05) is 18.7 Å². The maximum Gasteiger partial charge on any atom is 0.337 e. The van der Waals surface area contributed by atoms with E-state index < -0.39 is 5.97 Å². The van der Waals surface area contributed by atoms with Gasteiger partial charge in [0.25, 0.3) is 5.91 Å². The fourth-order valence-corrected chi connectivity index (χ4v) is 4.01. The summed E-state index contributed by atoms with van der Waals surface area (Å²) in [4.78, 5) is 29.3. The molecule has 0 saturated carbocycles. The molecule has 0 atom stereocenters. The number of rotatable bonds is 8. The number of aromatic nitrogens is 1. The van der Waals surface area contributed by atoms with E-state index in [0.29, 0.717) is 42.3 Å². The number of esters is 1. The van der Waals surface area contributed by atoms with Gasteiger partial charge in [-0.1, -0.05) is 11.3 Å². The minimum Gasteiger partial charge on any atom is -0.494 e. The fourth-order valence-electron chi connectivity index (χ4n) is 2.93. The second kappa shape index (κ2) is 10.2. The largest absolute Gasteiger partial charge is 0.494 e. The molecule has 7 nitrogen and oxygen atoms in total. The molecular formula is C22H24N2O5S. The summed E-state index contributed by atoms with van der Waals surface area (Å²) in [5.41, 5.74) is 1.74.